The lowest BCUT2D eigenvalue weighted by Crippen LogP contribution is -2.24. The van der Waals surface area contributed by atoms with Crippen LogP contribution >= 0.6 is 15.9 Å². The third-order valence-electron chi connectivity index (χ3n) is 4.36. The van der Waals surface area contributed by atoms with Crippen molar-refractivity contribution >= 4 is 27.5 Å². The van der Waals surface area contributed by atoms with Crippen LogP contribution in [0, 0.1) is 0 Å². The molecule has 0 N–H and O–H groups in total. The number of anilines is 1. The van der Waals surface area contributed by atoms with E-state index >= 15 is 0 Å². The third kappa shape index (κ3) is 3.22. The molecule has 0 spiro atoms. The zero-order valence-electron chi connectivity index (χ0n) is 14.1. The number of aromatic nitrogens is 2. The van der Waals surface area contributed by atoms with Crippen molar-refractivity contribution in [3.05, 3.63) is 58.9 Å². The van der Waals surface area contributed by atoms with Crippen LogP contribution in [0.4, 0.5) is 5.69 Å². The van der Waals surface area contributed by atoms with Crippen LogP contribution in [0.15, 0.2) is 57.5 Å². The molecule has 0 bridgehead atoms. The van der Waals surface area contributed by atoms with Gasteiger partial charge in [-0.2, -0.15) is 4.98 Å². The lowest BCUT2D eigenvalue weighted by atomic mass is 10.1. The number of carbonyl (C=O) groups is 1. The summed E-state index contributed by atoms with van der Waals surface area (Å²) in [5, 5.41) is 4.07. The number of rotatable bonds is 4. The molecule has 1 saturated heterocycles. The molecule has 2 heterocycles. The highest BCUT2D eigenvalue weighted by molar-refractivity contribution is 9.10. The van der Waals surface area contributed by atoms with Gasteiger partial charge in [-0.3, -0.25) is 4.79 Å². The standard InChI is InChI=1S/C19H16BrN3O3/c1-25-16-7-3-6-15(10-16)23-11-13(9-17(23)24)19-21-18(22-26-19)12-4-2-5-14(20)8-12/h2-8,10,13H,9,11H2,1H3. The van der Waals surface area contributed by atoms with E-state index in [2.05, 4.69) is 26.1 Å². The molecule has 26 heavy (non-hydrogen) atoms. The molecule has 1 aliphatic heterocycles. The Labute approximate surface area is 158 Å². The number of amides is 1. The van der Waals surface area contributed by atoms with E-state index in [1.165, 1.54) is 0 Å². The molecule has 0 aliphatic carbocycles. The number of carbonyl (C=O) groups excluding carboxylic acids is 1. The number of nitrogens with zero attached hydrogens (tertiary/aromatic N) is 3. The number of methoxy groups -OCH3 is 1. The first-order valence-corrected chi connectivity index (χ1v) is 8.97. The van der Waals surface area contributed by atoms with Crippen molar-refractivity contribution < 1.29 is 14.1 Å². The summed E-state index contributed by atoms with van der Waals surface area (Å²) < 4.78 is 11.6. The summed E-state index contributed by atoms with van der Waals surface area (Å²) in [6.45, 7) is 0.506. The number of hydrogen-bond acceptors (Lipinski definition) is 5. The fraction of sp³-hybridized carbons (Fsp3) is 0.211. The van der Waals surface area contributed by atoms with Gasteiger partial charge in [-0.1, -0.05) is 39.3 Å². The molecule has 3 aromatic rings. The normalized spacial score (nSPS) is 16.9. The second-order valence-electron chi connectivity index (χ2n) is 6.07. The zero-order chi connectivity index (χ0) is 18.1. The highest BCUT2D eigenvalue weighted by atomic mass is 79.9. The molecular formula is C19H16BrN3O3. The average Bonchev–Trinajstić information content (AvgIpc) is 3.28. The summed E-state index contributed by atoms with van der Waals surface area (Å²) in [5.41, 5.74) is 1.67. The van der Waals surface area contributed by atoms with E-state index in [4.69, 9.17) is 9.26 Å². The van der Waals surface area contributed by atoms with Gasteiger partial charge in [0, 0.05) is 34.8 Å². The molecule has 132 valence electrons. The van der Waals surface area contributed by atoms with Crippen LogP contribution in [0.3, 0.4) is 0 Å². The maximum absolute atomic E-state index is 12.5. The van der Waals surface area contributed by atoms with E-state index in [9.17, 15) is 4.79 Å². The Kier molecular flexibility index (Phi) is 4.46. The fourth-order valence-electron chi connectivity index (χ4n) is 3.05. The van der Waals surface area contributed by atoms with Crippen molar-refractivity contribution in [3.63, 3.8) is 0 Å². The summed E-state index contributed by atoms with van der Waals surface area (Å²) in [6, 6.07) is 15.2. The van der Waals surface area contributed by atoms with E-state index in [0.717, 1.165) is 15.7 Å². The van der Waals surface area contributed by atoms with E-state index in [1.54, 1.807) is 12.0 Å². The molecule has 1 aromatic heterocycles. The molecule has 0 saturated carbocycles. The van der Waals surface area contributed by atoms with Gasteiger partial charge >= 0.3 is 0 Å². The zero-order valence-corrected chi connectivity index (χ0v) is 15.6. The first-order valence-electron chi connectivity index (χ1n) is 8.18. The Morgan fingerprint density at radius 2 is 2.08 bits per heavy atom. The van der Waals surface area contributed by atoms with Crippen LogP contribution in [0.1, 0.15) is 18.2 Å². The van der Waals surface area contributed by atoms with E-state index in [0.29, 0.717) is 30.4 Å². The Bertz CT molecular complexity index is 956. The summed E-state index contributed by atoms with van der Waals surface area (Å²) >= 11 is 3.44. The van der Waals surface area contributed by atoms with Gasteiger partial charge in [-0.15, -0.1) is 0 Å². The van der Waals surface area contributed by atoms with Crippen LogP contribution in [-0.2, 0) is 4.79 Å². The van der Waals surface area contributed by atoms with Crippen molar-refractivity contribution in [2.24, 2.45) is 0 Å². The molecule has 1 fully saturated rings. The van der Waals surface area contributed by atoms with Gasteiger partial charge in [0.15, 0.2) is 0 Å². The maximum atomic E-state index is 12.5. The predicted octanol–water partition coefficient (Wildman–Crippen LogP) is 4.03. The SMILES string of the molecule is COc1cccc(N2CC(c3nc(-c4cccc(Br)c4)no3)CC2=O)c1. The summed E-state index contributed by atoms with van der Waals surface area (Å²) in [4.78, 5) is 18.7. The Hall–Kier alpha value is -2.67. The highest BCUT2D eigenvalue weighted by Gasteiger charge is 2.35. The van der Waals surface area contributed by atoms with Gasteiger partial charge in [0.2, 0.25) is 17.6 Å². The van der Waals surface area contributed by atoms with Crippen molar-refractivity contribution in [3.8, 4) is 17.1 Å². The molecular weight excluding hydrogens is 398 g/mol. The Balaban J connectivity index is 1.56. The van der Waals surface area contributed by atoms with Crippen LogP contribution in [0.25, 0.3) is 11.4 Å². The van der Waals surface area contributed by atoms with Gasteiger partial charge in [-0.05, 0) is 24.3 Å². The van der Waals surface area contributed by atoms with Crippen LogP contribution in [0.5, 0.6) is 5.75 Å². The number of halogens is 1. The summed E-state index contributed by atoms with van der Waals surface area (Å²) in [7, 11) is 1.61. The molecule has 7 heteroatoms. The summed E-state index contributed by atoms with van der Waals surface area (Å²) in [5.74, 6) is 1.63. The number of hydrogen-bond donors (Lipinski definition) is 0. The molecule has 6 nitrogen and oxygen atoms in total. The second-order valence-corrected chi connectivity index (χ2v) is 6.99. The average molecular weight is 414 g/mol. The van der Waals surface area contributed by atoms with Gasteiger partial charge in [0.05, 0.1) is 13.0 Å². The van der Waals surface area contributed by atoms with Gasteiger partial charge < -0.3 is 14.2 Å². The Morgan fingerprint density at radius 1 is 1.23 bits per heavy atom. The lowest BCUT2D eigenvalue weighted by molar-refractivity contribution is -0.117. The minimum atomic E-state index is -0.123. The van der Waals surface area contributed by atoms with Crippen molar-refractivity contribution in [2.45, 2.75) is 12.3 Å². The fourth-order valence-corrected chi connectivity index (χ4v) is 3.45. The van der Waals surface area contributed by atoms with Gasteiger partial charge in [0.25, 0.3) is 0 Å². The van der Waals surface area contributed by atoms with E-state index in [1.807, 2.05) is 48.5 Å². The maximum Gasteiger partial charge on any atom is 0.232 e. The molecule has 2 aromatic carbocycles. The quantitative estimate of drug-likeness (QED) is 0.645. The number of ether oxygens (including phenoxy) is 1. The van der Waals surface area contributed by atoms with Gasteiger partial charge in [0.1, 0.15) is 5.75 Å². The lowest BCUT2D eigenvalue weighted by Gasteiger charge is -2.16. The smallest absolute Gasteiger partial charge is 0.232 e. The first-order chi connectivity index (χ1) is 12.6. The molecule has 1 amide bonds. The van der Waals surface area contributed by atoms with Crippen LogP contribution in [0.2, 0.25) is 0 Å². The molecule has 4 rings (SSSR count). The predicted molar refractivity (Wildman–Crippen MR) is 100 cm³/mol. The topological polar surface area (TPSA) is 68.5 Å². The first kappa shape index (κ1) is 16.8. The molecule has 1 aliphatic rings. The van der Waals surface area contributed by atoms with Crippen LogP contribution < -0.4 is 9.64 Å². The van der Waals surface area contributed by atoms with Crippen LogP contribution in [-0.4, -0.2) is 29.7 Å². The minimum Gasteiger partial charge on any atom is -0.497 e. The summed E-state index contributed by atoms with van der Waals surface area (Å²) in [6.07, 6.45) is 0.345. The van der Waals surface area contributed by atoms with Crippen molar-refractivity contribution in [1.29, 1.82) is 0 Å². The molecule has 1 unspecified atom stereocenters. The minimum absolute atomic E-state index is 0.0328. The second kappa shape index (κ2) is 6.92. The highest BCUT2D eigenvalue weighted by Crippen LogP contribution is 2.33. The third-order valence-corrected chi connectivity index (χ3v) is 4.86. The van der Waals surface area contributed by atoms with E-state index in [-0.39, 0.29) is 11.8 Å². The Morgan fingerprint density at radius 3 is 2.88 bits per heavy atom. The van der Waals surface area contributed by atoms with E-state index < -0.39 is 0 Å². The molecule has 1 atom stereocenters. The molecule has 0 radical (unpaired) electrons. The van der Waals surface area contributed by atoms with Gasteiger partial charge in [-0.25, -0.2) is 0 Å². The number of benzene rings is 2. The van der Waals surface area contributed by atoms with Crippen molar-refractivity contribution in [1.82, 2.24) is 10.1 Å². The monoisotopic (exact) mass is 413 g/mol. The largest absolute Gasteiger partial charge is 0.497 e. The van der Waals surface area contributed by atoms with Crippen molar-refractivity contribution in [2.75, 3.05) is 18.6 Å².